The summed E-state index contributed by atoms with van der Waals surface area (Å²) in [4.78, 5) is 39.3. The normalized spacial score (nSPS) is 11.1. The van der Waals surface area contributed by atoms with Gasteiger partial charge in [0.05, 0.1) is 16.0 Å². The van der Waals surface area contributed by atoms with E-state index in [1.165, 1.54) is 18.2 Å². The molecule has 0 aliphatic carbocycles. The number of aromatic amines is 1. The zero-order valence-corrected chi connectivity index (χ0v) is 17.6. The van der Waals surface area contributed by atoms with Gasteiger partial charge >= 0.3 is 0 Å². The number of H-pyrrole nitrogens is 1. The molecule has 3 aromatic carbocycles. The molecule has 31 heavy (non-hydrogen) atoms. The molecule has 4 aromatic rings. The summed E-state index contributed by atoms with van der Waals surface area (Å²) in [6.45, 7) is 0. The smallest absolute Gasteiger partial charge is 0.271 e. The number of nitrogens with zero attached hydrogens (tertiary/aromatic N) is 1. The standard InChI is InChI=1S/C24H15BrN2O4/c25-17-8-4-5-15(13-17)9-12-21(28)23-22(16-6-2-1-3-7-16)19-11-10-18(27(30)31)14-20(19)26-24(23)29/h1-14H,(H,26,29)/b12-9+. The van der Waals surface area contributed by atoms with Gasteiger partial charge in [-0.2, -0.15) is 0 Å². The molecule has 0 unspecified atom stereocenters. The molecule has 0 aliphatic heterocycles. The molecule has 0 atom stereocenters. The van der Waals surface area contributed by atoms with Crippen LogP contribution in [0.4, 0.5) is 5.69 Å². The van der Waals surface area contributed by atoms with Gasteiger partial charge in [-0.1, -0.05) is 64.5 Å². The number of halogens is 1. The minimum absolute atomic E-state index is 0.0150. The topological polar surface area (TPSA) is 93.1 Å². The van der Waals surface area contributed by atoms with E-state index >= 15 is 0 Å². The number of aromatic nitrogens is 1. The summed E-state index contributed by atoms with van der Waals surface area (Å²) in [7, 11) is 0. The van der Waals surface area contributed by atoms with Gasteiger partial charge in [0.15, 0.2) is 5.78 Å². The van der Waals surface area contributed by atoms with Gasteiger partial charge in [0.2, 0.25) is 0 Å². The molecule has 1 aromatic heterocycles. The summed E-state index contributed by atoms with van der Waals surface area (Å²) < 4.78 is 0.872. The Balaban J connectivity index is 1.92. The molecule has 152 valence electrons. The molecule has 0 saturated carbocycles. The van der Waals surface area contributed by atoms with Crippen molar-refractivity contribution in [2.45, 2.75) is 0 Å². The van der Waals surface area contributed by atoms with Crippen molar-refractivity contribution in [3.05, 3.63) is 115 Å². The third kappa shape index (κ3) is 4.22. The van der Waals surface area contributed by atoms with Crippen LogP contribution in [0.1, 0.15) is 15.9 Å². The Bertz CT molecular complexity index is 1410. The molecule has 1 heterocycles. The van der Waals surface area contributed by atoms with E-state index < -0.39 is 16.3 Å². The van der Waals surface area contributed by atoms with Gasteiger partial charge in [-0.25, -0.2) is 0 Å². The third-order valence-corrected chi connectivity index (χ3v) is 5.29. The van der Waals surface area contributed by atoms with Crippen molar-refractivity contribution >= 4 is 44.4 Å². The van der Waals surface area contributed by atoms with Crippen molar-refractivity contribution in [3.63, 3.8) is 0 Å². The van der Waals surface area contributed by atoms with E-state index in [9.17, 15) is 19.7 Å². The number of fused-ring (bicyclic) bond motifs is 1. The molecule has 0 radical (unpaired) electrons. The fraction of sp³-hybridized carbons (Fsp3) is 0. The number of hydrogen-bond acceptors (Lipinski definition) is 4. The van der Waals surface area contributed by atoms with Crippen LogP contribution in [0.3, 0.4) is 0 Å². The number of nitro benzene ring substituents is 1. The Morgan fingerprint density at radius 2 is 1.77 bits per heavy atom. The maximum absolute atomic E-state index is 13.1. The van der Waals surface area contributed by atoms with E-state index in [0.717, 1.165) is 10.0 Å². The highest BCUT2D eigenvalue weighted by atomic mass is 79.9. The second kappa shape index (κ2) is 8.49. The average molecular weight is 475 g/mol. The SMILES string of the molecule is O=C(/C=C/c1cccc(Br)c1)c1c(-c2ccccc2)c2ccc([N+](=O)[O-])cc2[nH]c1=O. The highest BCUT2D eigenvalue weighted by Crippen LogP contribution is 2.31. The summed E-state index contributed by atoms with van der Waals surface area (Å²) in [5, 5.41) is 11.7. The van der Waals surface area contributed by atoms with E-state index in [-0.39, 0.29) is 11.3 Å². The van der Waals surface area contributed by atoms with E-state index in [1.54, 1.807) is 36.4 Å². The average Bonchev–Trinajstić information content (AvgIpc) is 2.76. The van der Waals surface area contributed by atoms with Crippen LogP contribution in [0, 0.1) is 10.1 Å². The zero-order chi connectivity index (χ0) is 22.0. The monoisotopic (exact) mass is 474 g/mol. The Hall–Kier alpha value is -3.84. The zero-order valence-electron chi connectivity index (χ0n) is 16.0. The molecule has 0 bridgehead atoms. The number of ketones is 1. The Morgan fingerprint density at radius 1 is 1.00 bits per heavy atom. The fourth-order valence-corrected chi connectivity index (χ4v) is 3.82. The molecule has 0 saturated heterocycles. The lowest BCUT2D eigenvalue weighted by molar-refractivity contribution is -0.384. The van der Waals surface area contributed by atoms with E-state index in [1.807, 2.05) is 30.3 Å². The van der Waals surface area contributed by atoms with Crippen LogP contribution in [0.15, 0.2) is 88.1 Å². The number of allylic oxidation sites excluding steroid dienone is 1. The first-order chi connectivity index (χ1) is 14.9. The molecule has 0 aliphatic rings. The predicted octanol–water partition coefficient (Wildman–Crippen LogP) is 5.76. The van der Waals surface area contributed by atoms with Crippen molar-refractivity contribution in [2.75, 3.05) is 0 Å². The van der Waals surface area contributed by atoms with Gasteiger partial charge in [0.1, 0.15) is 0 Å². The number of pyridine rings is 1. The van der Waals surface area contributed by atoms with Crippen LogP contribution in [0.5, 0.6) is 0 Å². The molecule has 7 heteroatoms. The van der Waals surface area contributed by atoms with Crippen molar-refractivity contribution in [3.8, 4) is 11.1 Å². The lowest BCUT2D eigenvalue weighted by Crippen LogP contribution is -2.18. The van der Waals surface area contributed by atoms with Crippen LogP contribution in [-0.2, 0) is 0 Å². The summed E-state index contributed by atoms with van der Waals surface area (Å²) in [6.07, 6.45) is 3.00. The first-order valence-corrected chi connectivity index (χ1v) is 10.1. The number of rotatable bonds is 5. The number of benzene rings is 3. The van der Waals surface area contributed by atoms with Crippen LogP contribution in [-0.4, -0.2) is 15.7 Å². The van der Waals surface area contributed by atoms with Crippen LogP contribution in [0.25, 0.3) is 28.1 Å². The molecule has 0 spiro atoms. The predicted molar refractivity (Wildman–Crippen MR) is 124 cm³/mol. The number of nitrogens with one attached hydrogen (secondary N) is 1. The summed E-state index contributed by atoms with van der Waals surface area (Å²) in [5.41, 5.74) is 1.46. The largest absolute Gasteiger partial charge is 0.321 e. The highest BCUT2D eigenvalue weighted by molar-refractivity contribution is 9.10. The quantitative estimate of drug-likeness (QED) is 0.172. The lowest BCUT2D eigenvalue weighted by Gasteiger charge is -2.11. The van der Waals surface area contributed by atoms with Crippen molar-refractivity contribution in [1.82, 2.24) is 4.98 Å². The van der Waals surface area contributed by atoms with E-state index in [2.05, 4.69) is 20.9 Å². The number of carbonyl (C=O) groups excluding carboxylic acids is 1. The maximum Gasteiger partial charge on any atom is 0.271 e. The Morgan fingerprint density at radius 3 is 2.48 bits per heavy atom. The summed E-state index contributed by atoms with van der Waals surface area (Å²) in [5.74, 6) is -0.458. The van der Waals surface area contributed by atoms with E-state index in [0.29, 0.717) is 22.0 Å². The molecular formula is C24H15BrN2O4. The van der Waals surface area contributed by atoms with Crippen LogP contribution in [0.2, 0.25) is 0 Å². The summed E-state index contributed by atoms with van der Waals surface area (Å²) in [6, 6.07) is 20.7. The minimum atomic E-state index is -0.601. The first kappa shape index (κ1) is 20.4. The molecule has 1 N–H and O–H groups in total. The molecule has 6 nitrogen and oxygen atoms in total. The second-order valence-electron chi connectivity index (χ2n) is 6.81. The maximum atomic E-state index is 13.1. The van der Waals surface area contributed by atoms with Gasteiger partial charge in [-0.3, -0.25) is 19.7 Å². The van der Waals surface area contributed by atoms with Crippen LogP contribution < -0.4 is 5.56 Å². The Kier molecular flexibility index (Phi) is 5.60. The Labute approximate surface area is 185 Å². The van der Waals surface area contributed by atoms with Gasteiger partial charge < -0.3 is 4.98 Å². The van der Waals surface area contributed by atoms with Gasteiger partial charge in [0.25, 0.3) is 11.2 Å². The highest BCUT2D eigenvalue weighted by Gasteiger charge is 2.20. The van der Waals surface area contributed by atoms with Crippen molar-refractivity contribution < 1.29 is 9.72 Å². The first-order valence-electron chi connectivity index (χ1n) is 9.32. The molecule has 0 amide bonds. The summed E-state index contributed by atoms with van der Waals surface area (Å²) >= 11 is 3.39. The van der Waals surface area contributed by atoms with Crippen molar-refractivity contribution in [1.29, 1.82) is 0 Å². The molecular weight excluding hydrogens is 460 g/mol. The second-order valence-corrected chi connectivity index (χ2v) is 7.73. The number of hydrogen-bond donors (Lipinski definition) is 1. The van der Waals surface area contributed by atoms with E-state index in [4.69, 9.17) is 0 Å². The number of carbonyl (C=O) groups is 1. The van der Waals surface area contributed by atoms with Gasteiger partial charge in [-0.15, -0.1) is 0 Å². The third-order valence-electron chi connectivity index (χ3n) is 4.79. The fourth-order valence-electron chi connectivity index (χ4n) is 3.41. The van der Waals surface area contributed by atoms with Gasteiger partial charge in [0, 0.05) is 27.6 Å². The number of non-ortho nitro benzene ring substituents is 1. The molecule has 4 rings (SSSR count). The van der Waals surface area contributed by atoms with Crippen LogP contribution >= 0.6 is 15.9 Å². The lowest BCUT2D eigenvalue weighted by atomic mass is 9.93. The molecule has 0 fully saturated rings. The van der Waals surface area contributed by atoms with Gasteiger partial charge in [-0.05, 0) is 35.4 Å². The number of nitro groups is 1. The minimum Gasteiger partial charge on any atom is -0.321 e. The van der Waals surface area contributed by atoms with Crippen molar-refractivity contribution in [2.24, 2.45) is 0 Å².